The van der Waals surface area contributed by atoms with Crippen LogP contribution in [0.25, 0.3) is 0 Å². The Labute approximate surface area is 84.1 Å². The van der Waals surface area contributed by atoms with Crippen LogP contribution in [0.2, 0.25) is 0 Å². The Morgan fingerprint density at radius 2 is 2.21 bits per heavy atom. The number of hydrogen-bond acceptors (Lipinski definition) is 2. The summed E-state index contributed by atoms with van der Waals surface area (Å²) < 4.78 is 0. The average Bonchev–Trinajstić information content (AvgIpc) is 2.29. The zero-order valence-electron chi connectivity index (χ0n) is 8.11. The molecule has 0 spiro atoms. The molecule has 0 aromatic heterocycles. The van der Waals surface area contributed by atoms with Crippen LogP contribution in [0.3, 0.4) is 0 Å². The van der Waals surface area contributed by atoms with Gasteiger partial charge in [0.05, 0.1) is 6.04 Å². The van der Waals surface area contributed by atoms with E-state index in [2.05, 4.69) is 34.6 Å². The summed E-state index contributed by atoms with van der Waals surface area (Å²) in [4.78, 5) is 4.63. The Bertz CT molecular complexity index is 370. The number of piperidine rings is 1. The molecule has 1 N–H and O–H groups in total. The summed E-state index contributed by atoms with van der Waals surface area (Å²) in [7, 11) is 0. The molecule has 1 fully saturated rings. The van der Waals surface area contributed by atoms with Crippen LogP contribution in [0.5, 0.6) is 0 Å². The van der Waals surface area contributed by atoms with Crippen molar-refractivity contribution in [2.24, 2.45) is 4.99 Å². The molecular formula is C12H14N2. The highest BCUT2D eigenvalue weighted by molar-refractivity contribution is 5.83. The standard InChI is InChI=1S/C12H14N2/c1-2-4-10-9(3-1)7-14-12-5-6-13-8-11(10)12/h1-4,7,11-13H,5-6,8H2. The summed E-state index contributed by atoms with van der Waals surface area (Å²) in [5.41, 5.74) is 2.78. The Kier molecular flexibility index (Phi) is 1.88. The lowest BCUT2D eigenvalue weighted by Gasteiger charge is -2.33. The second-order valence-corrected chi connectivity index (χ2v) is 4.07. The molecule has 1 saturated heterocycles. The maximum absolute atomic E-state index is 4.63. The van der Waals surface area contributed by atoms with Crippen LogP contribution in [0.4, 0.5) is 0 Å². The number of aliphatic imine (C=N–C) groups is 1. The van der Waals surface area contributed by atoms with E-state index in [1.807, 2.05) is 6.21 Å². The number of benzene rings is 1. The minimum absolute atomic E-state index is 0.520. The van der Waals surface area contributed by atoms with E-state index in [1.54, 1.807) is 0 Å². The van der Waals surface area contributed by atoms with Gasteiger partial charge in [-0.2, -0.15) is 0 Å². The molecule has 2 aliphatic heterocycles. The Hall–Kier alpha value is -1.15. The van der Waals surface area contributed by atoms with Gasteiger partial charge in [-0.3, -0.25) is 4.99 Å². The normalized spacial score (nSPS) is 29.4. The maximum Gasteiger partial charge on any atom is 0.0592 e. The smallest absolute Gasteiger partial charge is 0.0592 e. The number of fused-ring (bicyclic) bond motifs is 3. The minimum atomic E-state index is 0.520. The number of rotatable bonds is 0. The highest BCUT2D eigenvalue weighted by Crippen LogP contribution is 2.31. The van der Waals surface area contributed by atoms with Crippen molar-refractivity contribution in [3.63, 3.8) is 0 Å². The van der Waals surface area contributed by atoms with Crippen LogP contribution in [0, 0.1) is 0 Å². The van der Waals surface area contributed by atoms with Gasteiger partial charge in [0.2, 0.25) is 0 Å². The van der Waals surface area contributed by atoms with Gasteiger partial charge >= 0.3 is 0 Å². The van der Waals surface area contributed by atoms with Crippen LogP contribution in [0.1, 0.15) is 23.5 Å². The van der Waals surface area contributed by atoms with Crippen LogP contribution < -0.4 is 5.32 Å². The fourth-order valence-electron chi connectivity index (χ4n) is 2.48. The van der Waals surface area contributed by atoms with Crippen LogP contribution in [-0.2, 0) is 0 Å². The summed E-state index contributed by atoms with van der Waals surface area (Å²) in [5.74, 6) is 0.602. The monoisotopic (exact) mass is 186 g/mol. The third kappa shape index (κ3) is 1.18. The van der Waals surface area contributed by atoms with E-state index in [1.165, 1.54) is 17.5 Å². The Morgan fingerprint density at radius 3 is 3.21 bits per heavy atom. The van der Waals surface area contributed by atoms with E-state index >= 15 is 0 Å². The fourth-order valence-corrected chi connectivity index (χ4v) is 2.48. The number of nitrogens with one attached hydrogen (secondary N) is 1. The molecule has 0 radical (unpaired) electrons. The van der Waals surface area contributed by atoms with Gasteiger partial charge in [0.15, 0.2) is 0 Å². The van der Waals surface area contributed by atoms with Gasteiger partial charge in [-0.1, -0.05) is 24.3 Å². The SMILES string of the molecule is C1=NC2CCNCC2c2ccccc21. The van der Waals surface area contributed by atoms with Gasteiger partial charge in [-0.05, 0) is 24.1 Å². The van der Waals surface area contributed by atoms with Crippen molar-refractivity contribution in [3.8, 4) is 0 Å². The summed E-state index contributed by atoms with van der Waals surface area (Å²) in [6, 6.07) is 9.13. The molecule has 2 atom stereocenters. The molecule has 2 heterocycles. The van der Waals surface area contributed by atoms with Crippen molar-refractivity contribution in [1.29, 1.82) is 0 Å². The summed E-state index contributed by atoms with van der Waals surface area (Å²) in [6.07, 6.45) is 3.22. The van der Waals surface area contributed by atoms with E-state index in [-0.39, 0.29) is 0 Å². The van der Waals surface area contributed by atoms with Crippen molar-refractivity contribution in [3.05, 3.63) is 35.4 Å². The van der Waals surface area contributed by atoms with Crippen molar-refractivity contribution >= 4 is 6.21 Å². The van der Waals surface area contributed by atoms with E-state index in [0.29, 0.717) is 12.0 Å². The lowest BCUT2D eigenvalue weighted by Crippen LogP contribution is -2.39. The summed E-state index contributed by atoms with van der Waals surface area (Å²) in [5, 5.41) is 3.45. The fraction of sp³-hybridized carbons (Fsp3) is 0.417. The summed E-state index contributed by atoms with van der Waals surface area (Å²) in [6.45, 7) is 2.19. The average molecular weight is 186 g/mol. The second kappa shape index (κ2) is 3.21. The first-order valence-corrected chi connectivity index (χ1v) is 5.28. The lowest BCUT2D eigenvalue weighted by molar-refractivity contribution is 0.401. The maximum atomic E-state index is 4.63. The number of nitrogens with zero attached hydrogens (tertiary/aromatic N) is 1. The zero-order chi connectivity index (χ0) is 9.38. The van der Waals surface area contributed by atoms with E-state index in [4.69, 9.17) is 0 Å². The Morgan fingerprint density at radius 1 is 1.29 bits per heavy atom. The first kappa shape index (κ1) is 8.18. The largest absolute Gasteiger partial charge is 0.316 e. The molecule has 3 rings (SSSR count). The van der Waals surface area contributed by atoms with Crippen molar-refractivity contribution in [1.82, 2.24) is 5.32 Å². The second-order valence-electron chi connectivity index (χ2n) is 4.07. The van der Waals surface area contributed by atoms with Crippen molar-refractivity contribution in [2.45, 2.75) is 18.4 Å². The minimum Gasteiger partial charge on any atom is -0.316 e. The molecule has 72 valence electrons. The zero-order valence-corrected chi connectivity index (χ0v) is 8.11. The third-order valence-electron chi connectivity index (χ3n) is 3.25. The van der Waals surface area contributed by atoms with E-state index in [9.17, 15) is 0 Å². The van der Waals surface area contributed by atoms with Crippen LogP contribution >= 0.6 is 0 Å². The molecule has 2 unspecified atom stereocenters. The quantitative estimate of drug-likeness (QED) is 0.653. The molecule has 0 aliphatic carbocycles. The molecule has 2 heteroatoms. The molecule has 2 nitrogen and oxygen atoms in total. The molecule has 14 heavy (non-hydrogen) atoms. The van der Waals surface area contributed by atoms with Crippen LogP contribution in [0.15, 0.2) is 29.3 Å². The predicted molar refractivity (Wildman–Crippen MR) is 58.1 cm³/mol. The van der Waals surface area contributed by atoms with Crippen molar-refractivity contribution in [2.75, 3.05) is 13.1 Å². The Balaban J connectivity index is 2.05. The van der Waals surface area contributed by atoms with Crippen LogP contribution in [-0.4, -0.2) is 25.3 Å². The van der Waals surface area contributed by atoms with Gasteiger partial charge < -0.3 is 5.32 Å². The first-order valence-electron chi connectivity index (χ1n) is 5.28. The van der Waals surface area contributed by atoms with Gasteiger partial charge in [0.1, 0.15) is 0 Å². The summed E-state index contributed by atoms with van der Waals surface area (Å²) >= 11 is 0. The topological polar surface area (TPSA) is 24.4 Å². The molecule has 1 aromatic carbocycles. The number of hydrogen-bond donors (Lipinski definition) is 1. The van der Waals surface area contributed by atoms with E-state index < -0.39 is 0 Å². The highest BCUT2D eigenvalue weighted by Gasteiger charge is 2.29. The first-order chi connectivity index (χ1) is 6.95. The predicted octanol–water partition coefficient (Wildman–Crippen LogP) is 1.56. The third-order valence-corrected chi connectivity index (χ3v) is 3.25. The van der Waals surface area contributed by atoms with Gasteiger partial charge in [-0.25, -0.2) is 0 Å². The lowest BCUT2D eigenvalue weighted by atomic mass is 9.83. The van der Waals surface area contributed by atoms with Crippen molar-refractivity contribution < 1.29 is 0 Å². The van der Waals surface area contributed by atoms with Gasteiger partial charge in [0, 0.05) is 18.7 Å². The van der Waals surface area contributed by atoms with E-state index in [0.717, 1.165) is 13.1 Å². The molecular weight excluding hydrogens is 172 g/mol. The van der Waals surface area contributed by atoms with Gasteiger partial charge in [0.25, 0.3) is 0 Å². The molecule has 0 bridgehead atoms. The van der Waals surface area contributed by atoms with Gasteiger partial charge in [-0.15, -0.1) is 0 Å². The molecule has 1 aromatic rings. The molecule has 0 saturated carbocycles. The molecule has 0 amide bonds. The highest BCUT2D eigenvalue weighted by atomic mass is 14.9. The molecule has 2 aliphatic rings.